The SMILES string of the molecule is COc1cc(C(=O)N2C[C@H](N)[C@@H]3CC[C@H]2C3)cc2nc(-c3cc4ccc([C@@H](C)NC(=O)c5cccnc5C(F)F)nc4n3CC3CC3)n(C)c12. The van der Waals surface area contributed by atoms with Crippen molar-refractivity contribution in [1.82, 2.24) is 34.3 Å². The van der Waals surface area contributed by atoms with Crippen LogP contribution >= 0.6 is 0 Å². The molecule has 3 fully saturated rings. The van der Waals surface area contributed by atoms with Crippen molar-refractivity contribution in [1.29, 1.82) is 0 Å². The molecule has 2 amide bonds. The van der Waals surface area contributed by atoms with Crippen molar-refractivity contribution in [2.75, 3.05) is 13.7 Å². The number of halogens is 2. The number of hydrogen-bond donors (Lipinski definition) is 2. The number of rotatable bonds is 9. The molecule has 1 aromatic carbocycles. The van der Waals surface area contributed by atoms with Gasteiger partial charge in [0.1, 0.15) is 22.6 Å². The molecule has 0 spiro atoms. The van der Waals surface area contributed by atoms with Gasteiger partial charge >= 0.3 is 0 Å². The van der Waals surface area contributed by atoms with Crippen LogP contribution in [0.2, 0.25) is 0 Å². The molecule has 1 saturated heterocycles. The topological polar surface area (TPSA) is 133 Å². The Kier molecular flexibility index (Phi) is 8.04. The van der Waals surface area contributed by atoms with Gasteiger partial charge in [0.05, 0.1) is 35.6 Å². The summed E-state index contributed by atoms with van der Waals surface area (Å²) < 4.78 is 37.1. The second-order valence-corrected chi connectivity index (χ2v) is 14.1. The fourth-order valence-electron chi connectivity index (χ4n) is 7.87. The average Bonchev–Trinajstić information content (AvgIpc) is 3.58. The van der Waals surface area contributed by atoms with Crippen molar-refractivity contribution < 1.29 is 23.1 Å². The standard InChI is InChI=1S/C37H40F2N8O3/c1-19(42-36(48)25-5-4-12-41-31(25)33(38)39)27-11-9-22-15-29(47(34(22)43-27)17-20-6-7-20)35-44-28-14-23(16-30(50-3)32(28)45(35)2)37(49)46-18-26(40)21-8-10-24(46)13-21/h4-5,9,11-12,14-16,19-21,24,26,33H,6-8,10,13,17-18,40H2,1-3H3,(H,42,48)/t19-,21-,24+,26+/m1/s1. The van der Waals surface area contributed by atoms with Crippen LogP contribution in [0.3, 0.4) is 0 Å². The third-order valence-electron chi connectivity index (χ3n) is 10.8. The van der Waals surface area contributed by atoms with Gasteiger partial charge in [0.25, 0.3) is 18.2 Å². The summed E-state index contributed by atoms with van der Waals surface area (Å²) >= 11 is 0. The Hall–Kier alpha value is -4.91. The van der Waals surface area contributed by atoms with E-state index in [-0.39, 0.29) is 23.6 Å². The molecule has 4 atom stereocenters. The van der Waals surface area contributed by atoms with Crippen LogP contribution < -0.4 is 15.8 Å². The largest absolute Gasteiger partial charge is 0.494 e. The highest BCUT2D eigenvalue weighted by molar-refractivity contribution is 6.00. The number of fused-ring (bicyclic) bond motifs is 4. The molecule has 2 saturated carbocycles. The highest BCUT2D eigenvalue weighted by atomic mass is 19.3. The van der Waals surface area contributed by atoms with Crippen LogP contribution in [0.1, 0.15) is 83.6 Å². The van der Waals surface area contributed by atoms with Crippen LogP contribution in [0, 0.1) is 11.8 Å². The molecule has 50 heavy (non-hydrogen) atoms. The van der Waals surface area contributed by atoms with Crippen molar-refractivity contribution >= 4 is 33.9 Å². The fraction of sp³-hybridized carbons (Fsp3) is 0.432. The third-order valence-corrected chi connectivity index (χ3v) is 10.8. The maximum Gasteiger partial charge on any atom is 0.281 e. The molecular formula is C37H40F2N8O3. The molecule has 8 rings (SSSR count). The van der Waals surface area contributed by atoms with Crippen molar-refractivity contribution in [3.8, 4) is 17.3 Å². The second-order valence-electron chi connectivity index (χ2n) is 14.1. The number of imidazole rings is 1. The van der Waals surface area contributed by atoms with Gasteiger partial charge in [0, 0.05) is 49.4 Å². The zero-order chi connectivity index (χ0) is 34.8. The first-order valence-electron chi connectivity index (χ1n) is 17.3. The molecule has 0 unspecified atom stereocenters. The van der Waals surface area contributed by atoms with Crippen molar-refractivity contribution in [3.05, 3.63) is 71.2 Å². The maximum absolute atomic E-state index is 13.9. The zero-order valence-electron chi connectivity index (χ0n) is 28.3. The molecule has 13 heteroatoms. The minimum absolute atomic E-state index is 0.00828. The summed E-state index contributed by atoms with van der Waals surface area (Å²) in [6.07, 6.45) is 3.61. The summed E-state index contributed by atoms with van der Waals surface area (Å²) in [5.41, 5.74) is 9.90. The first-order valence-corrected chi connectivity index (χ1v) is 17.3. The summed E-state index contributed by atoms with van der Waals surface area (Å²) in [7, 11) is 3.55. The lowest BCUT2D eigenvalue weighted by Crippen LogP contribution is -2.51. The van der Waals surface area contributed by atoms with Crippen molar-refractivity contribution in [2.24, 2.45) is 24.6 Å². The van der Waals surface area contributed by atoms with E-state index in [0.717, 1.165) is 60.9 Å². The molecule has 11 nitrogen and oxygen atoms in total. The number of pyridine rings is 2. The number of carbonyl (C=O) groups excluding carboxylic acids is 2. The normalized spacial score (nSPS) is 20.9. The number of aromatic nitrogens is 5. The second kappa shape index (κ2) is 12.4. The molecule has 2 bridgehead atoms. The highest BCUT2D eigenvalue weighted by Gasteiger charge is 2.41. The Morgan fingerprint density at radius 2 is 1.92 bits per heavy atom. The Bertz CT molecular complexity index is 2140. The Morgan fingerprint density at radius 1 is 1.10 bits per heavy atom. The van der Waals surface area contributed by atoms with Gasteiger partial charge in [-0.2, -0.15) is 0 Å². The minimum Gasteiger partial charge on any atom is -0.494 e. The monoisotopic (exact) mass is 682 g/mol. The van der Waals surface area contributed by atoms with Crippen LogP contribution in [-0.4, -0.2) is 66.5 Å². The lowest BCUT2D eigenvalue weighted by atomic mass is 9.94. The molecule has 2 aliphatic carbocycles. The van der Waals surface area contributed by atoms with Crippen molar-refractivity contribution in [2.45, 2.75) is 70.1 Å². The van der Waals surface area contributed by atoms with Crippen LogP contribution in [0.15, 0.2) is 48.7 Å². The lowest BCUT2D eigenvalue weighted by molar-refractivity contribution is 0.0603. The first-order chi connectivity index (χ1) is 24.1. The average molecular weight is 683 g/mol. The molecule has 5 heterocycles. The van der Waals surface area contributed by atoms with E-state index in [1.165, 1.54) is 18.3 Å². The minimum atomic E-state index is -2.87. The van der Waals surface area contributed by atoms with Gasteiger partial charge in [0.2, 0.25) is 0 Å². The molecular weight excluding hydrogens is 642 g/mol. The van der Waals surface area contributed by atoms with Gasteiger partial charge in [-0.3, -0.25) is 14.6 Å². The lowest BCUT2D eigenvalue weighted by Gasteiger charge is -2.37. The molecule has 1 aliphatic heterocycles. The number of nitrogens with zero attached hydrogens (tertiary/aromatic N) is 6. The number of nitrogens with two attached hydrogens (primary N) is 1. The molecule has 3 aliphatic rings. The van der Waals surface area contributed by atoms with Gasteiger partial charge in [0.15, 0.2) is 5.82 Å². The summed E-state index contributed by atoms with van der Waals surface area (Å²) in [5, 5.41) is 3.72. The fourth-order valence-corrected chi connectivity index (χ4v) is 7.87. The number of alkyl halides is 2. The van der Waals surface area contributed by atoms with E-state index in [2.05, 4.69) is 20.9 Å². The number of benzene rings is 1. The number of carbonyl (C=O) groups is 2. The Morgan fingerprint density at radius 3 is 2.68 bits per heavy atom. The molecule has 0 radical (unpaired) electrons. The van der Waals surface area contributed by atoms with E-state index >= 15 is 0 Å². The predicted octanol–water partition coefficient (Wildman–Crippen LogP) is 5.78. The molecule has 4 aromatic heterocycles. The number of aryl methyl sites for hydroxylation is 1. The number of nitrogens with one attached hydrogen (secondary N) is 1. The predicted molar refractivity (Wildman–Crippen MR) is 184 cm³/mol. The van der Waals surface area contributed by atoms with Crippen molar-refractivity contribution in [3.63, 3.8) is 0 Å². The van der Waals surface area contributed by atoms with Crippen LogP contribution in [0.5, 0.6) is 5.75 Å². The summed E-state index contributed by atoms with van der Waals surface area (Å²) in [6.45, 7) is 3.07. The van der Waals surface area contributed by atoms with E-state index in [4.69, 9.17) is 20.4 Å². The first kappa shape index (κ1) is 32.3. The smallest absolute Gasteiger partial charge is 0.281 e. The number of piperidine rings is 1. The van der Waals surface area contributed by atoms with Crippen LogP contribution in [0.4, 0.5) is 8.78 Å². The summed E-state index contributed by atoms with van der Waals surface area (Å²) in [4.78, 5) is 42.7. The number of ether oxygens (including phenoxy) is 1. The number of amides is 2. The van der Waals surface area contributed by atoms with Gasteiger partial charge in [-0.1, -0.05) is 0 Å². The van der Waals surface area contributed by atoms with E-state index in [9.17, 15) is 18.4 Å². The van der Waals surface area contributed by atoms with Gasteiger partial charge in [-0.05, 0) is 93.3 Å². The van der Waals surface area contributed by atoms with E-state index < -0.39 is 24.1 Å². The third kappa shape index (κ3) is 5.57. The van der Waals surface area contributed by atoms with Crippen LogP contribution in [0.25, 0.3) is 33.6 Å². The highest BCUT2D eigenvalue weighted by Crippen LogP contribution is 2.40. The molecule has 3 N–H and O–H groups in total. The van der Waals surface area contributed by atoms with Gasteiger partial charge < -0.3 is 29.8 Å². The number of hydrogen-bond acceptors (Lipinski definition) is 7. The number of likely N-dealkylation sites (tertiary alicyclic amines) is 1. The Balaban J connectivity index is 1.15. The summed E-state index contributed by atoms with van der Waals surface area (Å²) in [5.74, 6) is 1.58. The van der Waals surface area contributed by atoms with Gasteiger partial charge in [-0.25, -0.2) is 18.7 Å². The van der Waals surface area contributed by atoms with E-state index in [1.807, 2.05) is 40.8 Å². The van der Waals surface area contributed by atoms with Crippen LogP contribution in [-0.2, 0) is 13.6 Å². The Labute approximate surface area is 287 Å². The number of methoxy groups -OCH3 is 1. The quantitative estimate of drug-likeness (QED) is 0.201. The molecule has 260 valence electrons. The van der Waals surface area contributed by atoms with E-state index in [1.54, 1.807) is 14.0 Å². The van der Waals surface area contributed by atoms with E-state index in [0.29, 0.717) is 46.7 Å². The maximum atomic E-state index is 13.9. The van der Waals surface area contributed by atoms with Gasteiger partial charge in [-0.15, -0.1) is 0 Å². The molecule has 5 aromatic rings. The summed E-state index contributed by atoms with van der Waals surface area (Å²) in [6, 6.07) is 12.0. The zero-order valence-corrected chi connectivity index (χ0v) is 28.3.